The third-order valence-corrected chi connectivity index (χ3v) is 4.51. The van der Waals surface area contributed by atoms with Crippen molar-refractivity contribution in [2.45, 2.75) is 25.8 Å². The maximum Gasteiger partial charge on any atom is 0.257 e. The van der Waals surface area contributed by atoms with Crippen molar-refractivity contribution < 1.29 is 4.79 Å². The fourth-order valence-corrected chi connectivity index (χ4v) is 2.80. The number of carbonyl (C=O) groups excluding carboxylic acids is 1. The molecule has 1 fully saturated rings. The van der Waals surface area contributed by atoms with Gasteiger partial charge in [-0.25, -0.2) is 0 Å². The van der Waals surface area contributed by atoms with E-state index in [0.29, 0.717) is 11.6 Å². The van der Waals surface area contributed by atoms with E-state index < -0.39 is 0 Å². The topological polar surface area (TPSA) is 55.5 Å². The van der Waals surface area contributed by atoms with E-state index in [0.717, 1.165) is 31.9 Å². The van der Waals surface area contributed by atoms with Crippen LogP contribution in [0.25, 0.3) is 0 Å². The Morgan fingerprint density at radius 2 is 2.05 bits per heavy atom. The first-order valence-corrected chi connectivity index (χ1v) is 7.63. The smallest absolute Gasteiger partial charge is 0.257 e. The third kappa shape index (κ3) is 4.04. The lowest BCUT2D eigenvalue weighted by atomic mass is 10.0. The number of hydrogen-bond acceptors (Lipinski definition) is 4. The highest BCUT2D eigenvalue weighted by molar-refractivity contribution is 5.94. The van der Waals surface area contributed by atoms with E-state index in [-0.39, 0.29) is 5.91 Å². The zero-order valence-corrected chi connectivity index (χ0v) is 13.6. The van der Waals surface area contributed by atoms with Crippen LogP contribution in [0, 0.1) is 6.92 Å². The predicted molar refractivity (Wildman–Crippen MR) is 83.4 cm³/mol. The largest absolute Gasteiger partial charge is 0.340 e. The zero-order chi connectivity index (χ0) is 15.4. The molecule has 1 aromatic rings. The molecule has 1 saturated heterocycles. The molecule has 0 bridgehead atoms. The number of nitrogens with one attached hydrogen (secondary N) is 1. The first kappa shape index (κ1) is 16.0. The number of hydrogen-bond donors (Lipinski definition) is 1. The van der Waals surface area contributed by atoms with Crippen molar-refractivity contribution in [3.63, 3.8) is 0 Å². The van der Waals surface area contributed by atoms with Gasteiger partial charge >= 0.3 is 0 Å². The molecule has 0 aromatic carbocycles. The van der Waals surface area contributed by atoms with E-state index in [4.69, 9.17) is 0 Å². The monoisotopic (exact) mass is 293 g/mol. The number of rotatable bonds is 5. The Kier molecular flexibility index (Phi) is 5.36. The van der Waals surface area contributed by atoms with Gasteiger partial charge in [-0.2, -0.15) is 5.10 Å². The molecule has 1 amide bonds. The lowest BCUT2D eigenvalue weighted by molar-refractivity contribution is 0.0758. The van der Waals surface area contributed by atoms with Gasteiger partial charge < -0.3 is 14.7 Å². The molecule has 0 spiro atoms. The van der Waals surface area contributed by atoms with Gasteiger partial charge in [-0.15, -0.1) is 0 Å². The summed E-state index contributed by atoms with van der Waals surface area (Å²) in [7, 11) is 6.20. The van der Waals surface area contributed by atoms with E-state index in [9.17, 15) is 4.79 Å². The van der Waals surface area contributed by atoms with Crippen LogP contribution in [0.15, 0.2) is 6.20 Å². The van der Waals surface area contributed by atoms with Crippen LogP contribution in [0.5, 0.6) is 0 Å². The molecule has 1 aliphatic rings. The van der Waals surface area contributed by atoms with Gasteiger partial charge in [-0.05, 0) is 47.0 Å². The summed E-state index contributed by atoms with van der Waals surface area (Å²) in [6, 6.07) is 0.639. The van der Waals surface area contributed by atoms with Crippen LogP contribution < -0.4 is 0 Å². The van der Waals surface area contributed by atoms with Crippen LogP contribution in [0.3, 0.4) is 0 Å². The fourth-order valence-electron chi connectivity index (χ4n) is 2.80. The van der Waals surface area contributed by atoms with Crippen molar-refractivity contribution in [1.82, 2.24) is 24.9 Å². The molecule has 21 heavy (non-hydrogen) atoms. The highest BCUT2D eigenvalue weighted by atomic mass is 16.2. The number of amides is 1. The summed E-state index contributed by atoms with van der Waals surface area (Å²) < 4.78 is 0. The quantitative estimate of drug-likeness (QED) is 0.873. The summed E-state index contributed by atoms with van der Waals surface area (Å²) in [6.07, 6.45) is 4.03. The molecule has 1 aliphatic heterocycles. The second kappa shape index (κ2) is 7.04. The minimum absolute atomic E-state index is 0.0398. The maximum absolute atomic E-state index is 12.3. The SMILES string of the molecule is Cc1[nH]ncc1C(=O)N(C)CCN(C)C1CCN(C)CC1. The second-order valence-corrected chi connectivity index (χ2v) is 6.15. The lowest BCUT2D eigenvalue weighted by Gasteiger charge is -2.35. The number of nitrogens with zero attached hydrogens (tertiary/aromatic N) is 4. The molecule has 6 nitrogen and oxygen atoms in total. The van der Waals surface area contributed by atoms with Crippen molar-refractivity contribution >= 4 is 5.91 Å². The molecule has 0 unspecified atom stereocenters. The number of carbonyl (C=O) groups is 1. The minimum Gasteiger partial charge on any atom is -0.340 e. The van der Waals surface area contributed by atoms with E-state index in [1.54, 1.807) is 11.1 Å². The number of aryl methyl sites for hydroxylation is 1. The molecule has 1 aromatic heterocycles. The van der Waals surface area contributed by atoms with Gasteiger partial charge in [0.2, 0.25) is 0 Å². The van der Waals surface area contributed by atoms with Gasteiger partial charge in [0.1, 0.15) is 0 Å². The maximum atomic E-state index is 12.3. The first-order valence-electron chi connectivity index (χ1n) is 7.63. The van der Waals surface area contributed by atoms with Gasteiger partial charge in [0.05, 0.1) is 11.8 Å². The van der Waals surface area contributed by atoms with E-state index in [1.165, 1.54) is 12.8 Å². The van der Waals surface area contributed by atoms with Gasteiger partial charge in [0.15, 0.2) is 0 Å². The number of H-pyrrole nitrogens is 1. The average Bonchev–Trinajstić information content (AvgIpc) is 2.90. The molecule has 0 atom stereocenters. The Morgan fingerprint density at radius 3 is 2.62 bits per heavy atom. The molecule has 0 saturated carbocycles. The molecule has 118 valence electrons. The molecule has 2 heterocycles. The van der Waals surface area contributed by atoms with Crippen molar-refractivity contribution in [3.05, 3.63) is 17.5 Å². The van der Waals surface area contributed by atoms with Crippen LogP contribution in [0.4, 0.5) is 0 Å². The van der Waals surface area contributed by atoms with Gasteiger partial charge in [0.25, 0.3) is 5.91 Å². The summed E-state index contributed by atoms with van der Waals surface area (Å²) in [5.74, 6) is 0.0398. The van der Waals surface area contributed by atoms with Gasteiger partial charge in [-0.1, -0.05) is 0 Å². The fraction of sp³-hybridized carbons (Fsp3) is 0.733. The first-order chi connectivity index (χ1) is 9.99. The Hall–Kier alpha value is -1.40. The number of aromatic amines is 1. The highest BCUT2D eigenvalue weighted by Crippen LogP contribution is 2.14. The number of piperidine rings is 1. The van der Waals surface area contributed by atoms with Crippen LogP contribution in [0.2, 0.25) is 0 Å². The molecule has 6 heteroatoms. The predicted octanol–water partition coefficient (Wildman–Crippen LogP) is 0.816. The van der Waals surface area contributed by atoms with Crippen molar-refractivity contribution in [2.75, 3.05) is 47.3 Å². The highest BCUT2D eigenvalue weighted by Gasteiger charge is 2.21. The average molecular weight is 293 g/mol. The minimum atomic E-state index is 0.0398. The summed E-state index contributed by atoms with van der Waals surface area (Å²) >= 11 is 0. The molecule has 1 N–H and O–H groups in total. The summed E-state index contributed by atoms with van der Waals surface area (Å²) in [5, 5.41) is 6.73. The standard InChI is InChI=1S/C15H27N5O/c1-12-14(11-16-17-12)15(21)20(4)10-9-19(3)13-5-7-18(2)8-6-13/h11,13H,5-10H2,1-4H3,(H,16,17). The van der Waals surface area contributed by atoms with E-state index >= 15 is 0 Å². The van der Waals surface area contributed by atoms with Crippen LogP contribution >= 0.6 is 0 Å². The van der Waals surface area contributed by atoms with Crippen LogP contribution in [-0.4, -0.2) is 84.2 Å². The van der Waals surface area contributed by atoms with Crippen molar-refractivity contribution in [3.8, 4) is 0 Å². The number of likely N-dealkylation sites (N-methyl/N-ethyl adjacent to an activating group) is 2. The summed E-state index contributed by atoms with van der Waals surface area (Å²) in [6.45, 7) is 5.86. The Labute approximate surface area is 127 Å². The van der Waals surface area contributed by atoms with E-state index in [2.05, 4.69) is 34.1 Å². The Balaban J connectivity index is 1.79. The van der Waals surface area contributed by atoms with Crippen molar-refractivity contribution in [2.24, 2.45) is 0 Å². The molecule has 0 radical (unpaired) electrons. The van der Waals surface area contributed by atoms with Gasteiger partial charge in [0, 0.05) is 31.9 Å². The molecule has 0 aliphatic carbocycles. The second-order valence-electron chi connectivity index (χ2n) is 6.15. The zero-order valence-electron chi connectivity index (χ0n) is 13.6. The summed E-state index contributed by atoms with van der Waals surface area (Å²) in [5.41, 5.74) is 1.50. The van der Waals surface area contributed by atoms with Gasteiger partial charge in [-0.3, -0.25) is 9.89 Å². The number of likely N-dealkylation sites (tertiary alicyclic amines) is 1. The molecular formula is C15H27N5O. The van der Waals surface area contributed by atoms with E-state index in [1.807, 2.05) is 14.0 Å². The van der Waals surface area contributed by atoms with Crippen LogP contribution in [0.1, 0.15) is 28.9 Å². The molecule has 2 rings (SSSR count). The Morgan fingerprint density at radius 1 is 1.38 bits per heavy atom. The molecular weight excluding hydrogens is 266 g/mol. The Bertz CT molecular complexity index is 464. The summed E-state index contributed by atoms with van der Waals surface area (Å²) in [4.78, 5) is 18.8. The normalized spacial score (nSPS) is 17.4. The third-order valence-electron chi connectivity index (χ3n) is 4.51. The number of aromatic nitrogens is 2. The van der Waals surface area contributed by atoms with Crippen LogP contribution in [-0.2, 0) is 0 Å². The van der Waals surface area contributed by atoms with Crippen molar-refractivity contribution in [1.29, 1.82) is 0 Å². The lowest BCUT2D eigenvalue weighted by Crippen LogP contribution is -2.44.